The summed E-state index contributed by atoms with van der Waals surface area (Å²) in [4.78, 5) is 11.3. The van der Waals surface area contributed by atoms with E-state index in [-0.39, 0.29) is 6.04 Å². The van der Waals surface area contributed by atoms with Crippen molar-refractivity contribution in [1.82, 2.24) is 5.32 Å². The predicted octanol–water partition coefficient (Wildman–Crippen LogP) is 1.31. The molecule has 112 valence electrons. The van der Waals surface area contributed by atoms with Gasteiger partial charge in [-0.3, -0.25) is 4.79 Å². The van der Waals surface area contributed by atoms with E-state index in [9.17, 15) is 13.2 Å². The summed E-state index contributed by atoms with van der Waals surface area (Å²) in [5.41, 5.74) is 0.885. The molecule has 0 spiro atoms. The number of rotatable bonds is 7. The van der Waals surface area contributed by atoms with Gasteiger partial charge in [0.15, 0.2) is 9.84 Å². The second-order valence-corrected chi connectivity index (χ2v) is 6.73. The van der Waals surface area contributed by atoms with Gasteiger partial charge >= 0.3 is 5.97 Å². The van der Waals surface area contributed by atoms with Gasteiger partial charge in [-0.25, -0.2) is 8.42 Å². The smallest absolute Gasteiger partial charge is 0.320 e. The van der Waals surface area contributed by atoms with Crippen LogP contribution in [0.3, 0.4) is 0 Å². The number of sulfone groups is 1. The maximum Gasteiger partial charge on any atom is 0.320 e. The fourth-order valence-corrected chi connectivity index (χ4v) is 4.13. The number of hydrogen-bond donors (Lipinski definition) is 1. The first-order valence-corrected chi connectivity index (χ1v) is 8.18. The predicted molar refractivity (Wildman–Crippen MR) is 78.1 cm³/mol. The Bertz CT molecular complexity index is 527. The first-order valence-electron chi connectivity index (χ1n) is 6.46. The molecule has 0 saturated carbocycles. The highest BCUT2D eigenvalue weighted by atomic mass is 32.2. The van der Waals surface area contributed by atoms with Crippen LogP contribution in [0, 0.1) is 0 Å². The molecule has 0 radical (unpaired) electrons. The number of carbonyl (C=O) groups is 1. The van der Waals surface area contributed by atoms with Crippen LogP contribution in [0.5, 0.6) is 0 Å². The van der Waals surface area contributed by atoms with Crippen LogP contribution in [0.4, 0.5) is 0 Å². The molecule has 0 amide bonds. The number of ether oxygens (including phenoxy) is 1. The minimum Gasteiger partial charge on any atom is -0.468 e. The molecule has 0 saturated heterocycles. The normalized spacial score (nSPS) is 14.6. The fourth-order valence-electron chi connectivity index (χ4n) is 2.25. The number of esters is 1. The molecule has 6 heteroatoms. The Morgan fingerprint density at radius 1 is 1.30 bits per heavy atom. The minimum atomic E-state index is -3.58. The van der Waals surface area contributed by atoms with E-state index in [1.165, 1.54) is 7.11 Å². The highest BCUT2D eigenvalue weighted by Crippen LogP contribution is 2.25. The van der Waals surface area contributed by atoms with E-state index in [1.54, 1.807) is 14.0 Å². The van der Waals surface area contributed by atoms with E-state index in [0.29, 0.717) is 6.42 Å². The van der Waals surface area contributed by atoms with Crippen LogP contribution in [0.2, 0.25) is 0 Å². The summed E-state index contributed by atoms with van der Waals surface area (Å²) in [5, 5.41) is 2.36. The van der Waals surface area contributed by atoms with Gasteiger partial charge < -0.3 is 10.1 Å². The topological polar surface area (TPSA) is 72.5 Å². The lowest BCUT2D eigenvalue weighted by molar-refractivity contribution is -0.137. The average Bonchev–Trinajstić information content (AvgIpc) is 2.44. The molecule has 0 aliphatic carbocycles. The number of methoxy groups -OCH3 is 1. The van der Waals surface area contributed by atoms with Gasteiger partial charge in [0.05, 0.1) is 12.4 Å². The number of hydrogen-bond acceptors (Lipinski definition) is 5. The van der Waals surface area contributed by atoms with Crippen molar-refractivity contribution >= 4 is 15.8 Å². The summed E-state index contributed by atoms with van der Waals surface area (Å²) in [5.74, 6) is -1.32. The second kappa shape index (κ2) is 7.40. The van der Waals surface area contributed by atoms with Gasteiger partial charge in [-0.05, 0) is 19.0 Å². The zero-order valence-electron chi connectivity index (χ0n) is 12.0. The third-order valence-electron chi connectivity index (χ3n) is 3.25. The van der Waals surface area contributed by atoms with Crippen molar-refractivity contribution in [2.24, 2.45) is 0 Å². The number of carbonyl (C=O) groups excluding carboxylic acids is 1. The number of benzene rings is 1. The van der Waals surface area contributed by atoms with Crippen LogP contribution in [-0.4, -0.2) is 39.5 Å². The van der Waals surface area contributed by atoms with Crippen molar-refractivity contribution in [3.05, 3.63) is 35.9 Å². The minimum absolute atomic E-state index is 0.351. The van der Waals surface area contributed by atoms with E-state index in [4.69, 9.17) is 0 Å². The maximum atomic E-state index is 12.4. The first-order chi connectivity index (χ1) is 9.46. The summed E-state index contributed by atoms with van der Waals surface area (Å²) in [6, 6.07) is 8.99. The van der Waals surface area contributed by atoms with E-state index >= 15 is 0 Å². The summed E-state index contributed by atoms with van der Waals surface area (Å²) >= 11 is 0. The molecule has 1 N–H and O–H groups in total. The molecule has 0 heterocycles. The monoisotopic (exact) mass is 299 g/mol. The molecular weight excluding hydrogens is 278 g/mol. The van der Waals surface area contributed by atoms with Gasteiger partial charge in [0.25, 0.3) is 0 Å². The van der Waals surface area contributed by atoms with Crippen LogP contribution in [-0.2, 0) is 19.4 Å². The van der Waals surface area contributed by atoms with E-state index in [2.05, 4.69) is 10.1 Å². The molecular formula is C14H21NO4S. The fraction of sp³-hybridized carbons (Fsp3) is 0.500. The van der Waals surface area contributed by atoms with Gasteiger partial charge in [0, 0.05) is 6.04 Å². The molecule has 0 bridgehead atoms. The highest BCUT2D eigenvalue weighted by Gasteiger charge is 2.34. The van der Waals surface area contributed by atoms with E-state index in [1.807, 2.05) is 30.3 Å². The molecule has 5 nitrogen and oxygen atoms in total. The molecule has 0 aromatic heterocycles. The van der Waals surface area contributed by atoms with Crippen LogP contribution in [0.15, 0.2) is 30.3 Å². The zero-order valence-corrected chi connectivity index (χ0v) is 12.8. The molecule has 2 atom stereocenters. The van der Waals surface area contributed by atoms with Crippen LogP contribution >= 0.6 is 0 Å². The third kappa shape index (κ3) is 4.05. The van der Waals surface area contributed by atoms with Crippen LogP contribution in [0.1, 0.15) is 24.9 Å². The van der Waals surface area contributed by atoms with Crippen LogP contribution in [0.25, 0.3) is 0 Å². The Balaban J connectivity index is 3.07. The first kappa shape index (κ1) is 16.7. The quantitative estimate of drug-likeness (QED) is 0.769. The Hall–Kier alpha value is -1.40. The van der Waals surface area contributed by atoms with Gasteiger partial charge in [0.1, 0.15) is 5.75 Å². The molecule has 1 rings (SSSR count). The SMILES string of the molecule is CCC(C(NC)c1ccccc1)S(=O)(=O)CC(=O)OC. The molecule has 0 aliphatic rings. The maximum absolute atomic E-state index is 12.4. The largest absolute Gasteiger partial charge is 0.468 e. The van der Waals surface area contributed by atoms with Crippen molar-refractivity contribution in [3.63, 3.8) is 0 Å². The van der Waals surface area contributed by atoms with Crippen LogP contribution < -0.4 is 5.32 Å². The lowest BCUT2D eigenvalue weighted by Gasteiger charge is -2.26. The van der Waals surface area contributed by atoms with Crippen molar-refractivity contribution < 1.29 is 17.9 Å². The molecule has 2 unspecified atom stereocenters. The average molecular weight is 299 g/mol. The van der Waals surface area contributed by atoms with Gasteiger partial charge in [-0.1, -0.05) is 37.3 Å². The number of nitrogens with one attached hydrogen (secondary N) is 1. The van der Waals surface area contributed by atoms with E-state index < -0.39 is 26.8 Å². The van der Waals surface area contributed by atoms with E-state index in [0.717, 1.165) is 5.56 Å². The summed E-state index contributed by atoms with van der Waals surface area (Å²) in [6.45, 7) is 1.80. The molecule has 20 heavy (non-hydrogen) atoms. The standard InChI is InChI=1S/C14H21NO4S/c1-4-12(20(17,18)10-13(16)19-3)14(15-2)11-8-6-5-7-9-11/h5-9,12,14-15H,4,10H2,1-3H3. The molecule has 0 aliphatic heterocycles. The Kier molecular flexibility index (Phi) is 6.16. The van der Waals surface area contributed by atoms with Crippen molar-refractivity contribution in [2.75, 3.05) is 19.9 Å². The Labute approximate surface area is 120 Å². The highest BCUT2D eigenvalue weighted by molar-refractivity contribution is 7.92. The molecule has 1 aromatic carbocycles. The van der Waals surface area contributed by atoms with Crippen molar-refractivity contribution in [2.45, 2.75) is 24.6 Å². The van der Waals surface area contributed by atoms with Crippen molar-refractivity contribution in [3.8, 4) is 0 Å². The van der Waals surface area contributed by atoms with Gasteiger partial charge in [-0.2, -0.15) is 0 Å². The van der Waals surface area contributed by atoms with Gasteiger partial charge in [0.2, 0.25) is 0 Å². The Morgan fingerprint density at radius 3 is 2.35 bits per heavy atom. The lowest BCUT2D eigenvalue weighted by Crippen LogP contribution is -2.38. The zero-order chi connectivity index (χ0) is 15.2. The summed E-state index contributed by atoms with van der Waals surface area (Å²) < 4.78 is 29.2. The lowest BCUT2D eigenvalue weighted by atomic mass is 10.0. The second-order valence-electron chi connectivity index (χ2n) is 4.51. The third-order valence-corrected chi connectivity index (χ3v) is 5.42. The molecule has 0 fully saturated rings. The Morgan fingerprint density at radius 2 is 1.90 bits per heavy atom. The van der Waals surface area contributed by atoms with Gasteiger partial charge in [-0.15, -0.1) is 0 Å². The molecule has 1 aromatic rings. The van der Waals surface area contributed by atoms with Crippen molar-refractivity contribution in [1.29, 1.82) is 0 Å². The summed E-state index contributed by atoms with van der Waals surface area (Å²) in [7, 11) is -0.678. The summed E-state index contributed by atoms with van der Waals surface area (Å²) in [6.07, 6.45) is 0.416.